The molecule has 0 aromatic heterocycles. The van der Waals surface area contributed by atoms with E-state index in [4.69, 9.17) is 18.9 Å². The third-order valence-corrected chi connectivity index (χ3v) is 4.11. The maximum Gasteiger partial charge on any atom is 0.0704 e. The summed E-state index contributed by atoms with van der Waals surface area (Å²) in [7, 11) is 0. The molecule has 1 aliphatic heterocycles. The maximum absolute atomic E-state index is 5.78. The van der Waals surface area contributed by atoms with Crippen molar-refractivity contribution in [3.8, 4) is 0 Å². The van der Waals surface area contributed by atoms with Crippen LogP contribution < -0.4 is 5.32 Å². The van der Waals surface area contributed by atoms with E-state index in [0.717, 1.165) is 65.0 Å². The Balaban J connectivity index is 1.30. The summed E-state index contributed by atoms with van der Waals surface area (Å²) in [5.74, 6) is 0. The number of hydrogen-bond acceptors (Lipinski definition) is 5. The van der Waals surface area contributed by atoms with Gasteiger partial charge >= 0.3 is 0 Å². The molecule has 0 radical (unpaired) electrons. The van der Waals surface area contributed by atoms with E-state index in [2.05, 4.69) is 5.32 Å². The molecule has 0 aromatic rings. The molecule has 1 heterocycles. The van der Waals surface area contributed by atoms with Gasteiger partial charge in [-0.1, -0.05) is 0 Å². The van der Waals surface area contributed by atoms with Gasteiger partial charge in [0.05, 0.1) is 31.5 Å². The molecular weight excluding hydrogens is 270 g/mol. The Labute approximate surface area is 128 Å². The van der Waals surface area contributed by atoms with Crippen LogP contribution in [0.4, 0.5) is 0 Å². The Morgan fingerprint density at radius 2 is 1.52 bits per heavy atom. The van der Waals surface area contributed by atoms with E-state index in [1.54, 1.807) is 0 Å². The van der Waals surface area contributed by atoms with E-state index in [1.807, 2.05) is 6.92 Å². The minimum Gasteiger partial charge on any atom is -0.379 e. The zero-order valence-corrected chi connectivity index (χ0v) is 13.4. The van der Waals surface area contributed by atoms with Crippen molar-refractivity contribution in [3.05, 3.63) is 0 Å². The highest BCUT2D eigenvalue weighted by atomic mass is 16.5. The summed E-state index contributed by atoms with van der Waals surface area (Å²) >= 11 is 0. The van der Waals surface area contributed by atoms with E-state index in [-0.39, 0.29) is 0 Å². The lowest BCUT2D eigenvalue weighted by Crippen LogP contribution is -2.37. The van der Waals surface area contributed by atoms with Gasteiger partial charge in [-0.15, -0.1) is 0 Å². The number of ether oxygens (including phenoxy) is 4. The van der Waals surface area contributed by atoms with Crippen molar-refractivity contribution < 1.29 is 18.9 Å². The van der Waals surface area contributed by atoms with Gasteiger partial charge in [0.15, 0.2) is 0 Å². The molecule has 5 heteroatoms. The molecule has 5 nitrogen and oxygen atoms in total. The average Bonchev–Trinajstić information content (AvgIpc) is 2.48. The summed E-state index contributed by atoms with van der Waals surface area (Å²) in [5.41, 5.74) is 0. The molecule has 0 amide bonds. The second kappa shape index (κ2) is 10.5. The summed E-state index contributed by atoms with van der Waals surface area (Å²) in [5, 5.41) is 3.33. The summed E-state index contributed by atoms with van der Waals surface area (Å²) in [6.07, 6.45) is 6.58. The Morgan fingerprint density at radius 3 is 2.29 bits per heavy atom. The predicted octanol–water partition coefficient (Wildman–Crippen LogP) is 1.75. The SMILES string of the molecule is CCOC1CC(OCCCOCCOC2CCNCC2)C1. The van der Waals surface area contributed by atoms with Crippen LogP contribution >= 0.6 is 0 Å². The highest BCUT2D eigenvalue weighted by molar-refractivity contribution is 4.80. The van der Waals surface area contributed by atoms with Gasteiger partial charge in [-0.3, -0.25) is 0 Å². The summed E-state index contributed by atoms with van der Waals surface area (Å²) in [6.45, 7) is 7.97. The molecule has 0 aromatic carbocycles. The summed E-state index contributed by atoms with van der Waals surface area (Å²) < 4.78 is 22.6. The molecule has 2 fully saturated rings. The summed E-state index contributed by atoms with van der Waals surface area (Å²) in [4.78, 5) is 0. The van der Waals surface area contributed by atoms with Crippen LogP contribution in [-0.4, -0.2) is 64.4 Å². The van der Waals surface area contributed by atoms with Gasteiger partial charge in [0.1, 0.15) is 0 Å². The molecular formula is C16H31NO4. The fourth-order valence-electron chi connectivity index (χ4n) is 2.77. The standard InChI is InChI=1S/C16H31NO4/c1-2-19-15-12-16(13-15)20-9-3-8-18-10-11-21-14-4-6-17-7-5-14/h14-17H,2-13H2,1H3. The second-order valence-corrected chi connectivity index (χ2v) is 5.83. The number of piperidine rings is 1. The van der Waals surface area contributed by atoms with E-state index < -0.39 is 0 Å². The normalized spacial score (nSPS) is 26.7. The fourth-order valence-corrected chi connectivity index (χ4v) is 2.77. The zero-order valence-electron chi connectivity index (χ0n) is 13.4. The van der Waals surface area contributed by atoms with Gasteiger partial charge in [-0.25, -0.2) is 0 Å². The topological polar surface area (TPSA) is 49.0 Å². The minimum absolute atomic E-state index is 0.407. The molecule has 0 unspecified atom stereocenters. The third kappa shape index (κ3) is 7.06. The van der Waals surface area contributed by atoms with Gasteiger partial charge < -0.3 is 24.3 Å². The third-order valence-electron chi connectivity index (χ3n) is 4.11. The highest BCUT2D eigenvalue weighted by Crippen LogP contribution is 2.26. The van der Waals surface area contributed by atoms with E-state index >= 15 is 0 Å². The molecule has 2 rings (SSSR count). The van der Waals surface area contributed by atoms with E-state index in [9.17, 15) is 0 Å². The molecule has 1 saturated carbocycles. The van der Waals surface area contributed by atoms with Crippen molar-refractivity contribution >= 4 is 0 Å². The van der Waals surface area contributed by atoms with Crippen molar-refractivity contribution in [1.82, 2.24) is 5.32 Å². The van der Waals surface area contributed by atoms with Crippen molar-refractivity contribution in [2.24, 2.45) is 0 Å². The summed E-state index contributed by atoms with van der Waals surface area (Å²) in [6, 6.07) is 0. The van der Waals surface area contributed by atoms with Crippen LogP contribution in [0.15, 0.2) is 0 Å². The number of rotatable bonds is 11. The van der Waals surface area contributed by atoms with Crippen LogP contribution in [-0.2, 0) is 18.9 Å². The molecule has 0 bridgehead atoms. The van der Waals surface area contributed by atoms with Gasteiger partial charge in [-0.2, -0.15) is 0 Å². The molecule has 1 N–H and O–H groups in total. The lowest BCUT2D eigenvalue weighted by atomic mass is 9.92. The maximum atomic E-state index is 5.78. The largest absolute Gasteiger partial charge is 0.379 e. The van der Waals surface area contributed by atoms with Crippen molar-refractivity contribution in [2.45, 2.75) is 57.3 Å². The van der Waals surface area contributed by atoms with Crippen molar-refractivity contribution in [1.29, 1.82) is 0 Å². The van der Waals surface area contributed by atoms with Crippen LogP contribution in [0.1, 0.15) is 39.0 Å². The van der Waals surface area contributed by atoms with Crippen LogP contribution in [0.3, 0.4) is 0 Å². The quantitative estimate of drug-likeness (QED) is 0.589. The zero-order chi connectivity index (χ0) is 14.8. The van der Waals surface area contributed by atoms with Crippen LogP contribution in [0, 0.1) is 0 Å². The van der Waals surface area contributed by atoms with Crippen molar-refractivity contribution in [3.63, 3.8) is 0 Å². The number of nitrogens with one attached hydrogen (secondary N) is 1. The molecule has 21 heavy (non-hydrogen) atoms. The Bertz CT molecular complexity index is 253. The van der Waals surface area contributed by atoms with Gasteiger partial charge in [0.2, 0.25) is 0 Å². The highest BCUT2D eigenvalue weighted by Gasteiger charge is 2.29. The van der Waals surface area contributed by atoms with E-state index in [1.165, 1.54) is 0 Å². The fraction of sp³-hybridized carbons (Fsp3) is 1.00. The number of hydrogen-bond donors (Lipinski definition) is 1. The first kappa shape index (κ1) is 17.2. The average molecular weight is 301 g/mol. The molecule has 0 atom stereocenters. The molecule has 2 aliphatic rings. The van der Waals surface area contributed by atoms with Crippen molar-refractivity contribution in [2.75, 3.05) is 46.1 Å². The van der Waals surface area contributed by atoms with Gasteiger partial charge in [0.25, 0.3) is 0 Å². The molecule has 1 saturated heterocycles. The Morgan fingerprint density at radius 1 is 0.810 bits per heavy atom. The molecule has 1 aliphatic carbocycles. The molecule has 124 valence electrons. The van der Waals surface area contributed by atoms with Crippen LogP contribution in [0.25, 0.3) is 0 Å². The lowest BCUT2D eigenvalue weighted by molar-refractivity contribution is -0.101. The Hall–Kier alpha value is -0.200. The monoisotopic (exact) mass is 301 g/mol. The van der Waals surface area contributed by atoms with Crippen LogP contribution in [0.2, 0.25) is 0 Å². The first-order valence-corrected chi connectivity index (χ1v) is 8.51. The smallest absolute Gasteiger partial charge is 0.0704 e. The minimum atomic E-state index is 0.407. The second-order valence-electron chi connectivity index (χ2n) is 5.83. The van der Waals surface area contributed by atoms with Gasteiger partial charge in [0, 0.05) is 19.8 Å². The first-order chi connectivity index (χ1) is 10.4. The van der Waals surface area contributed by atoms with E-state index in [0.29, 0.717) is 31.5 Å². The first-order valence-electron chi connectivity index (χ1n) is 8.51. The predicted molar refractivity (Wildman–Crippen MR) is 81.7 cm³/mol. The lowest BCUT2D eigenvalue weighted by Gasteiger charge is -2.34. The van der Waals surface area contributed by atoms with Crippen LogP contribution in [0.5, 0.6) is 0 Å². The molecule has 0 spiro atoms. The van der Waals surface area contributed by atoms with Gasteiger partial charge in [-0.05, 0) is 52.1 Å². The Kier molecular flexibility index (Phi) is 8.59.